The van der Waals surface area contributed by atoms with Gasteiger partial charge >= 0.3 is 0 Å². The van der Waals surface area contributed by atoms with E-state index in [4.69, 9.17) is 4.74 Å². The summed E-state index contributed by atoms with van der Waals surface area (Å²) in [5.74, 6) is 0.516. The molecular weight excluding hydrogens is 473 g/mol. The van der Waals surface area contributed by atoms with Crippen molar-refractivity contribution in [3.63, 3.8) is 0 Å². The van der Waals surface area contributed by atoms with Gasteiger partial charge < -0.3 is 20.4 Å². The van der Waals surface area contributed by atoms with E-state index < -0.39 is 5.82 Å². The molecule has 37 heavy (non-hydrogen) atoms. The smallest absolute Gasteiger partial charge is 0.255 e. The van der Waals surface area contributed by atoms with Gasteiger partial charge in [-0.2, -0.15) is 0 Å². The molecule has 196 valence electrons. The van der Waals surface area contributed by atoms with Gasteiger partial charge in [0, 0.05) is 24.7 Å². The SMILES string of the molecule is CC(=O)N[C@@H]1CC[C@H](NC(=O)c2c(C)[nH]c3c(-c4c(OCC5CC5)ccc(C)c4F)ncnc23)[C@H](C)C1. The molecule has 2 aliphatic rings. The lowest BCUT2D eigenvalue weighted by Crippen LogP contribution is -2.47. The fourth-order valence-electron chi connectivity index (χ4n) is 5.35. The van der Waals surface area contributed by atoms with Gasteiger partial charge in [-0.25, -0.2) is 14.4 Å². The summed E-state index contributed by atoms with van der Waals surface area (Å²) >= 11 is 0. The van der Waals surface area contributed by atoms with Crippen LogP contribution in [0.3, 0.4) is 0 Å². The molecule has 2 saturated carbocycles. The molecule has 0 unspecified atom stereocenters. The number of carbonyl (C=O) groups is 2. The number of rotatable bonds is 7. The molecule has 2 fully saturated rings. The minimum absolute atomic E-state index is 0.0141. The lowest BCUT2D eigenvalue weighted by molar-refractivity contribution is -0.120. The Morgan fingerprint density at radius 1 is 1.14 bits per heavy atom. The molecule has 0 aliphatic heterocycles. The van der Waals surface area contributed by atoms with Crippen LogP contribution in [0, 0.1) is 31.5 Å². The van der Waals surface area contributed by atoms with Crippen LogP contribution in [0.2, 0.25) is 0 Å². The molecule has 3 N–H and O–H groups in total. The molecule has 0 radical (unpaired) electrons. The highest BCUT2D eigenvalue weighted by molar-refractivity contribution is 6.09. The first kappa shape index (κ1) is 25.2. The van der Waals surface area contributed by atoms with Crippen LogP contribution in [0.5, 0.6) is 5.75 Å². The van der Waals surface area contributed by atoms with Crippen molar-refractivity contribution in [3.8, 4) is 17.0 Å². The number of nitrogens with one attached hydrogen (secondary N) is 3. The topological polar surface area (TPSA) is 109 Å². The Bertz CT molecular complexity index is 1350. The summed E-state index contributed by atoms with van der Waals surface area (Å²) in [7, 11) is 0. The number of nitrogens with zero attached hydrogens (tertiary/aromatic N) is 2. The lowest BCUT2D eigenvalue weighted by atomic mass is 9.82. The van der Waals surface area contributed by atoms with E-state index in [1.54, 1.807) is 19.1 Å². The number of fused-ring (bicyclic) bond motifs is 1. The molecule has 0 saturated heterocycles. The van der Waals surface area contributed by atoms with E-state index in [1.807, 2.05) is 6.92 Å². The van der Waals surface area contributed by atoms with Gasteiger partial charge in [0.25, 0.3) is 5.91 Å². The number of benzene rings is 1. The van der Waals surface area contributed by atoms with Gasteiger partial charge in [-0.3, -0.25) is 9.59 Å². The zero-order valence-electron chi connectivity index (χ0n) is 21.8. The fourth-order valence-corrected chi connectivity index (χ4v) is 5.35. The Morgan fingerprint density at radius 3 is 2.62 bits per heavy atom. The van der Waals surface area contributed by atoms with Crippen LogP contribution in [0.25, 0.3) is 22.3 Å². The minimum atomic E-state index is -0.392. The highest BCUT2D eigenvalue weighted by Crippen LogP contribution is 2.39. The maximum atomic E-state index is 15.5. The predicted octanol–water partition coefficient (Wildman–Crippen LogP) is 4.59. The van der Waals surface area contributed by atoms with Gasteiger partial charge in [-0.15, -0.1) is 0 Å². The first-order chi connectivity index (χ1) is 17.7. The van der Waals surface area contributed by atoms with Crippen LogP contribution in [-0.2, 0) is 4.79 Å². The van der Waals surface area contributed by atoms with Crippen molar-refractivity contribution in [2.75, 3.05) is 6.61 Å². The van der Waals surface area contributed by atoms with Crippen molar-refractivity contribution < 1.29 is 18.7 Å². The van der Waals surface area contributed by atoms with E-state index in [2.05, 4.69) is 32.5 Å². The molecule has 0 spiro atoms. The summed E-state index contributed by atoms with van der Waals surface area (Å²) in [5, 5.41) is 6.16. The number of ether oxygens (including phenoxy) is 1. The van der Waals surface area contributed by atoms with E-state index in [9.17, 15) is 9.59 Å². The highest BCUT2D eigenvalue weighted by atomic mass is 19.1. The third-order valence-electron chi connectivity index (χ3n) is 7.60. The number of hydrogen-bond donors (Lipinski definition) is 3. The molecule has 2 aliphatic carbocycles. The first-order valence-corrected chi connectivity index (χ1v) is 13.1. The van der Waals surface area contributed by atoms with Crippen molar-refractivity contribution in [1.29, 1.82) is 0 Å². The molecule has 3 aromatic rings. The quantitative estimate of drug-likeness (QED) is 0.433. The average Bonchev–Trinajstić information content (AvgIpc) is 3.61. The number of aryl methyl sites for hydroxylation is 2. The van der Waals surface area contributed by atoms with Crippen LogP contribution in [0.4, 0.5) is 4.39 Å². The number of hydrogen-bond acceptors (Lipinski definition) is 5. The number of amides is 2. The van der Waals surface area contributed by atoms with Crippen molar-refractivity contribution in [2.24, 2.45) is 11.8 Å². The summed E-state index contributed by atoms with van der Waals surface area (Å²) in [5.41, 5.74) is 3.19. The molecule has 1 aromatic carbocycles. The zero-order chi connectivity index (χ0) is 26.3. The molecule has 2 amide bonds. The van der Waals surface area contributed by atoms with Crippen LogP contribution in [0.1, 0.15) is 67.6 Å². The Kier molecular flexibility index (Phi) is 6.88. The van der Waals surface area contributed by atoms with Crippen molar-refractivity contribution in [2.45, 2.75) is 71.9 Å². The van der Waals surface area contributed by atoms with Crippen LogP contribution in [-0.4, -0.2) is 45.5 Å². The molecule has 2 aromatic heterocycles. The number of carbonyl (C=O) groups excluding carboxylic acids is 2. The Hall–Kier alpha value is -3.49. The van der Waals surface area contributed by atoms with Crippen molar-refractivity contribution in [1.82, 2.24) is 25.6 Å². The standard InChI is InChI=1S/C28H34FN5O3/c1-14-5-10-21(37-12-18-6-7-18)23(24(14)29)26-27-25(30-13-31-26)22(16(3)32-27)28(36)34-20-9-8-19(11-15(20)2)33-17(4)35/h5,10,13,15,18-20,32H,6-9,11-12H2,1-4H3,(H,33,35)(H,34,36)/t15-,19-,20+/m1/s1. The largest absolute Gasteiger partial charge is 0.492 e. The van der Waals surface area contributed by atoms with Crippen LogP contribution >= 0.6 is 0 Å². The Balaban J connectivity index is 1.44. The number of halogens is 1. The van der Waals surface area contributed by atoms with E-state index >= 15 is 4.39 Å². The summed E-state index contributed by atoms with van der Waals surface area (Å²) < 4.78 is 21.5. The van der Waals surface area contributed by atoms with Crippen molar-refractivity contribution >= 4 is 22.8 Å². The van der Waals surface area contributed by atoms with E-state index in [-0.39, 0.29) is 35.4 Å². The second kappa shape index (κ2) is 10.1. The Labute approximate surface area is 215 Å². The Morgan fingerprint density at radius 2 is 1.92 bits per heavy atom. The molecular formula is C28H34FN5O3. The van der Waals surface area contributed by atoms with Crippen LogP contribution in [0.15, 0.2) is 18.5 Å². The summed E-state index contributed by atoms with van der Waals surface area (Å²) in [6.07, 6.45) is 6.02. The maximum Gasteiger partial charge on any atom is 0.255 e. The van der Waals surface area contributed by atoms with Gasteiger partial charge in [-0.1, -0.05) is 13.0 Å². The normalized spacial score (nSPS) is 21.6. The predicted molar refractivity (Wildman–Crippen MR) is 139 cm³/mol. The molecule has 0 bridgehead atoms. The second-order valence-corrected chi connectivity index (χ2v) is 10.7. The molecule has 5 rings (SSSR count). The van der Waals surface area contributed by atoms with Crippen molar-refractivity contribution in [3.05, 3.63) is 41.1 Å². The highest BCUT2D eigenvalue weighted by Gasteiger charge is 2.31. The van der Waals surface area contributed by atoms with Gasteiger partial charge in [0.15, 0.2) is 0 Å². The molecule has 9 heteroatoms. The van der Waals surface area contributed by atoms with Gasteiger partial charge in [0.1, 0.15) is 29.1 Å². The maximum absolute atomic E-state index is 15.5. The van der Waals surface area contributed by atoms with E-state index in [0.717, 1.165) is 32.1 Å². The second-order valence-electron chi connectivity index (χ2n) is 10.7. The molecule has 2 heterocycles. The average molecular weight is 508 g/mol. The molecule has 8 nitrogen and oxygen atoms in total. The fraction of sp³-hybridized carbons (Fsp3) is 0.500. The van der Waals surface area contributed by atoms with Gasteiger partial charge in [-0.05, 0) is 69.4 Å². The monoisotopic (exact) mass is 507 g/mol. The first-order valence-electron chi connectivity index (χ1n) is 13.1. The number of aromatic amines is 1. The lowest BCUT2D eigenvalue weighted by Gasteiger charge is -2.34. The van der Waals surface area contributed by atoms with Gasteiger partial charge in [0.05, 0.1) is 23.3 Å². The summed E-state index contributed by atoms with van der Waals surface area (Å²) in [6.45, 7) is 7.69. The van der Waals surface area contributed by atoms with Crippen LogP contribution < -0.4 is 15.4 Å². The number of H-pyrrole nitrogens is 1. The molecule has 3 atom stereocenters. The number of aromatic nitrogens is 3. The summed E-state index contributed by atoms with van der Waals surface area (Å²) in [6, 6.07) is 3.61. The van der Waals surface area contributed by atoms with Gasteiger partial charge in [0.2, 0.25) is 5.91 Å². The third-order valence-corrected chi connectivity index (χ3v) is 7.60. The zero-order valence-corrected chi connectivity index (χ0v) is 21.8. The summed E-state index contributed by atoms with van der Waals surface area (Å²) in [4.78, 5) is 37.0. The third kappa shape index (κ3) is 5.17. The van der Waals surface area contributed by atoms with E-state index in [0.29, 0.717) is 51.8 Å². The van der Waals surface area contributed by atoms with E-state index in [1.165, 1.54) is 13.3 Å². The minimum Gasteiger partial charge on any atom is -0.492 e.